The van der Waals surface area contributed by atoms with E-state index >= 15 is 0 Å². The maximum atomic E-state index is 12.7. The second-order valence-corrected chi connectivity index (χ2v) is 6.65. The smallest absolute Gasteiger partial charge is 0.416 e. The van der Waals surface area contributed by atoms with Gasteiger partial charge in [0, 0.05) is 31.7 Å². The molecule has 0 radical (unpaired) electrons. The van der Waals surface area contributed by atoms with Crippen molar-refractivity contribution in [3.05, 3.63) is 58.8 Å². The highest BCUT2D eigenvalue weighted by Crippen LogP contribution is 2.29. The number of hydrogen-bond acceptors (Lipinski definition) is 5. The zero-order valence-corrected chi connectivity index (χ0v) is 16.0. The lowest BCUT2D eigenvalue weighted by Crippen LogP contribution is -2.49. The molecule has 6 nitrogen and oxygen atoms in total. The van der Waals surface area contributed by atoms with E-state index in [1.165, 1.54) is 19.2 Å². The number of halogens is 3. The Kier molecular flexibility index (Phi) is 5.76. The molecule has 1 aliphatic rings. The highest BCUT2D eigenvalue weighted by molar-refractivity contribution is 5.94. The molecule has 0 saturated carbocycles. The molecule has 0 aliphatic carbocycles. The van der Waals surface area contributed by atoms with Gasteiger partial charge in [-0.05, 0) is 43.3 Å². The van der Waals surface area contributed by atoms with Crippen molar-refractivity contribution in [2.45, 2.75) is 13.1 Å². The number of alkyl halides is 3. The van der Waals surface area contributed by atoms with E-state index in [0.717, 1.165) is 12.1 Å². The molecule has 9 heteroatoms. The Morgan fingerprint density at radius 1 is 1.00 bits per heavy atom. The number of hydrogen-bond donors (Lipinski definition) is 0. The lowest BCUT2D eigenvalue weighted by molar-refractivity contribution is -0.137. The first-order valence-electron chi connectivity index (χ1n) is 8.98. The summed E-state index contributed by atoms with van der Waals surface area (Å²) in [6.45, 7) is 3.60. The third-order valence-corrected chi connectivity index (χ3v) is 4.83. The third-order valence-electron chi connectivity index (χ3n) is 4.83. The fraction of sp³-hybridized carbons (Fsp3) is 0.350. The van der Waals surface area contributed by atoms with E-state index in [2.05, 4.69) is 4.98 Å². The van der Waals surface area contributed by atoms with E-state index in [4.69, 9.17) is 4.74 Å². The number of carbonyl (C=O) groups is 2. The van der Waals surface area contributed by atoms with Crippen LogP contribution in [0.2, 0.25) is 0 Å². The van der Waals surface area contributed by atoms with Gasteiger partial charge in [0.05, 0.1) is 23.9 Å². The molecule has 1 fully saturated rings. The summed E-state index contributed by atoms with van der Waals surface area (Å²) in [7, 11) is 1.31. The topological polar surface area (TPSA) is 62.7 Å². The number of esters is 1. The molecule has 1 amide bonds. The standard InChI is InChI=1S/C20H20F3N3O3/c1-13-16(19(28)29-2)7-8-17(24-13)25-9-11-26(12-10-25)18(27)14-3-5-15(6-4-14)20(21,22)23/h3-8H,9-12H2,1-2H3. The van der Waals surface area contributed by atoms with Crippen LogP contribution in [0.25, 0.3) is 0 Å². The fourth-order valence-corrected chi connectivity index (χ4v) is 3.17. The van der Waals surface area contributed by atoms with Crippen LogP contribution in [0.5, 0.6) is 0 Å². The zero-order valence-electron chi connectivity index (χ0n) is 16.0. The summed E-state index contributed by atoms with van der Waals surface area (Å²) in [4.78, 5) is 32.3. The number of anilines is 1. The van der Waals surface area contributed by atoms with Crippen LogP contribution in [0, 0.1) is 6.92 Å². The van der Waals surface area contributed by atoms with Crippen molar-refractivity contribution in [1.29, 1.82) is 0 Å². The first-order valence-corrected chi connectivity index (χ1v) is 8.98. The first-order chi connectivity index (χ1) is 13.7. The minimum atomic E-state index is -4.43. The molecule has 0 N–H and O–H groups in total. The van der Waals surface area contributed by atoms with E-state index in [-0.39, 0.29) is 11.5 Å². The summed E-state index contributed by atoms with van der Waals surface area (Å²) >= 11 is 0. The van der Waals surface area contributed by atoms with Crippen LogP contribution in [0.15, 0.2) is 36.4 Å². The molecule has 29 heavy (non-hydrogen) atoms. The number of carbonyl (C=O) groups excluding carboxylic acids is 2. The van der Waals surface area contributed by atoms with Gasteiger partial charge in [0.2, 0.25) is 0 Å². The number of pyridine rings is 1. The minimum Gasteiger partial charge on any atom is -0.465 e. The van der Waals surface area contributed by atoms with E-state index < -0.39 is 17.7 Å². The molecule has 2 heterocycles. The van der Waals surface area contributed by atoms with Gasteiger partial charge in [0.15, 0.2) is 0 Å². The van der Waals surface area contributed by atoms with Gasteiger partial charge in [-0.25, -0.2) is 9.78 Å². The third kappa shape index (κ3) is 4.49. The summed E-state index contributed by atoms with van der Waals surface area (Å²) < 4.78 is 42.7. The van der Waals surface area contributed by atoms with E-state index in [9.17, 15) is 22.8 Å². The lowest BCUT2D eigenvalue weighted by atomic mass is 10.1. The summed E-state index contributed by atoms with van der Waals surface area (Å²) in [6.07, 6.45) is -4.43. The van der Waals surface area contributed by atoms with Crippen LogP contribution in [0.4, 0.5) is 19.0 Å². The molecular weight excluding hydrogens is 387 g/mol. The molecule has 154 valence electrons. The van der Waals surface area contributed by atoms with Gasteiger partial charge < -0.3 is 14.5 Å². The minimum absolute atomic E-state index is 0.225. The molecule has 1 aliphatic heterocycles. The van der Waals surface area contributed by atoms with Crippen molar-refractivity contribution in [3.63, 3.8) is 0 Å². The molecule has 0 bridgehead atoms. The Morgan fingerprint density at radius 2 is 1.62 bits per heavy atom. The maximum Gasteiger partial charge on any atom is 0.416 e. The van der Waals surface area contributed by atoms with E-state index in [0.29, 0.717) is 43.3 Å². The van der Waals surface area contributed by atoms with Crippen LogP contribution >= 0.6 is 0 Å². The van der Waals surface area contributed by atoms with Gasteiger partial charge in [0.1, 0.15) is 5.82 Å². The van der Waals surface area contributed by atoms with Crippen LogP contribution in [0.1, 0.15) is 32.0 Å². The monoisotopic (exact) mass is 407 g/mol. The molecule has 1 saturated heterocycles. The Bertz CT molecular complexity index is 905. The van der Waals surface area contributed by atoms with Crippen LogP contribution in [-0.2, 0) is 10.9 Å². The van der Waals surface area contributed by atoms with Gasteiger partial charge in [0.25, 0.3) is 5.91 Å². The summed E-state index contributed by atoms with van der Waals surface area (Å²) in [5, 5.41) is 0. The number of rotatable bonds is 3. The molecule has 0 atom stereocenters. The molecule has 1 aromatic heterocycles. The molecular formula is C20H20F3N3O3. The predicted octanol–water partition coefficient (Wildman–Crippen LogP) is 3.16. The van der Waals surface area contributed by atoms with Crippen molar-refractivity contribution in [3.8, 4) is 0 Å². The summed E-state index contributed by atoms with van der Waals surface area (Å²) in [6, 6.07) is 7.62. The van der Waals surface area contributed by atoms with Crippen LogP contribution < -0.4 is 4.90 Å². The van der Waals surface area contributed by atoms with Crippen molar-refractivity contribution in [2.24, 2.45) is 0 Å². The molecule has 3 rings (SSSR count). The Morgan fingerprint density at radius 3 is 2.14 bits per heavy atom. The Balaban J connectivity index is 1.64. The Hall–Kier alpha value is -3.10. The number of aromatic nitrogens is 1. The average molecular weight is 407 g/mol. The highest BCUT2D eigenvalue weighted by atomic mass is 19.4. The largest absolute Gasteiger partial charge is 0.465 e. The van der Waals surface area contributed by atoms with Gasteiger partial charge in [-0.3, -0.25) is 4.79 Å². The van der Waals surface area contributed by atoms with E-state index in [1.807, 2.05) is 4.90 Å². The molecule has 0 spiro atoms. The average Bonchev–Trinajstić information content (AvgIpc) is 2.72. The Labute approximate surface area is 165 Å². The van der Waals surface area contributed by atoms with Crippen molar-refractivity contribution < 1.29 is 27.5 Å². The predicted molar refractivity (Wildman–Crippen MR) is 99.9 cm³/mol. The number of aryl methyl sites for hydroxylation is 1. The molecule has 1 aromatic carbocycles. The second kappa shape index (κ2) is 8.10. The fourth-order valence-electron chi connectivity index (χ4n) is 3.17. The van der Waals surface area contributed by atoms with Gasteiger partial charge >= 0.3 is 12.1 Å². The molecule has 0 unspecified atom stereocenters. The maximum absolute atomic E-state index is 12.7. The summed E-state index contributed by atoms with van der Waals surface area (Å²) in [5.41, 5.74) is 0.392. The first kappa shape index (κ1) is 20.6. The van der Waals surface area contributed by atoms with Gasteiger partial charge in [-0.1, -0.05) is 0 Å². The number of benzene rings is 1. The van der Waals surface area contributed by atoms with Gasteiger partial charge in [-0.2, -0.15) is 13.2 Å². The van der Waals surface area contributed by atoms with Crippen molar-refractivity contribution >= 4 is 17.7 Å². The normalized spacial score (nSPS) is 14.7. The SMILES string of the molecule is COC(=O)c1ccc(N2CCN(C(=O)c3ccc(C(F)(F)F)cc3)CC2)nc1C. The van der Waals surface area contributed by atoms with Gasteiger partial charge in [-0.15, -0.1) is 0 Å². The van der Waals surface area contributed by atoms with Crippen molar-refractivity contribution in [1.82, 2.24) is 9.88 Å². The highest BCUT2D eigenvalue weighted by Gasteiger charge is 2.31. The summed E-state index contributed by atoms with van der Waals surface area (Å²) in [5.74, 6) is -0.0613. The number of piperazine rings is 1. The number of methoxy groups -OCH3 is 1. The van der Waals surface area contributed by atoms with Crippen molar-refractivity contribution in [2.75, 3.05) is 38.2 Å². The zero-order chi connectivity index (χ0) is 21.2. The number of nitrogens with zero attached hydrogens (tertiary/aromatic N) is 3. The molecule has 2 aromatic rings. The second-order valence-electron chi connectivity index (χ2n) is 6.65. The number of amides is 1. The lowest BCUT2D eigenvalue weighted by Gasteiger charge is -2.35. The number of ether oxygens (including phenoxy) is 1. The van der Waals surface area contributed by atoms with E-state index in [1.54, 1.807) is 24.0 Å². The van der Waals surface area contributed by atoms with Crippen LogP contribution in [-0.4, -0.2) is 55.0 Å². The van der Waals surface area contributed by atoms with Crippen LogP contribution in [0.3, 0.4) is 0 Å². The quantitative estimate of drug-likeness (QED) is 0.732.